The standard InChI is InChI=1S/C30H24FNO4S/c1-18-13-14-37-29(18)26-25(28(34)30(35)32(26)23-10-6-9-22(31)16-23)27(33)21-11-12-24(19(2)15-21)36-17-20-7-4-3-5-8-20/h3-16,26,33H,17H2,1-2H3/b27-25-. The number of aliphatic hydroxyl groups excluding tert-OH is 1. The molecule has 2 heterocycles. The lowest BCUT2D eigenvalue weighted by atomic mass is 9.97. The highest BCUT2D eigenvalue weighted by Gasteiger charge is 2.48. The second-order valence-corrected chi connectivity index (χ2v) is 9.82. The van der Waals surface area contributed by atoms with Gasteiger partial charge in [-0.25, -0.2) is 4.39 Å². The molecule has 0 bridgehead atoms. The molecule has 3 aromatic carbocycles. The molecule has 1 unspecified atom stereocenters. The van der Waals surface area contributed by atoms with E-state index in [0.717, 1.165) is 21.6 Å². The van der Waals surface area contributed by atoms with Gasteiger partial charge in [-0.1, -0.05) is 36.4 Å². The molecule has 37 heavy (non-hydrogen) atoms. The lowest BCUT2D eigenvalue weighted by molar-refractivity contribution is -0.132. The number of carbonyl (C=O) groups excluding carboxylic acids is 2. The minimum absolute atomic E-state index is 0.0304. The van der Waals surface area contributed by atoms with Crippen molar-refractivity contribution >= 4 is 34.5 Å². The molecule has 0 saturated carbocycles. The van der Waals surface area contributed by atoms with Gasteiger partial charge in [0.05, 0.1) is 5.57 Å². The topological polar surface area (TPSA) is 66.8 Å². The number of carbonyl (C=O) groups is 2. The normalized spacial score (nSPS) is 16.8. The highest BCUT2D eigenvalue weighted by molar-refractivity contribution is 7.10. The summed E-state index contributed by atoms with van der Waals surface area (Å²) in [6.45, 7) is 4.12. The number of hydrogen-bond donors (Lipinski definition) is 1. The molecule has 1 fully saturated rings. The maximum atomic E-state index is 14.1. The predicted molar refractivity (Wildman–Crippen MR) is 142 cm³/mol. The molecule has 1 amide bonds. The Hall–Kier alpha value is -4.23. The van der Waals surface area contributed by atoms with Crippen LogP contribution >= 0.6 is 11.3 Å². The van der Waals surface area contributed by atoms with E-state index in [4.69, 9.17) is 4.74 Å². The summed E-state index contributed by atoms with van der Waals surface area (Å²) in [5.74, 6) is -1.80. The minimum Gasteiger partial charge on any atom is -0.507 e. The van der Waals surface area contributed by atoms with E-state index in [-0.39, 0.29) is 17.0 Å². The van der Waals surface area contributed by atoms with Gasteiger partial charge in [-0.05, 0) is 78.4 Å². The third-order valence-corrected chi connectivity index (χ3v) is 7.44. The second-order valence-electron chi connectivity index (χ2n) is 8.87. The number of amides is 1. The number of halogens is 1. The van der Waals surface area contributed by atoms with E-state index in [1.807, 2.05) is 55.6 Å². The summed E-state index contributed by atoms with van der Waals surface area (Å²) in [5.41, 5.74) is 3.27. The monoisotopic (exact) mass is 513 g/mol. The van der Waals surface area contributed by atoms with E-state index in [1.54, 1.807) is 24.3 Å². The van der Waals surface area contributed by atoms with Crippen LogP contribution in [0.3, 0.4) is 0 Å². The number of anilines is 1. The van der Waals surface area contributed by atoms with Crippen LogP contribution in [0.15, 0.2) is 89.8 Å². The maximum absolute atomic E-state index is 14.1. The van der Waals surface area contributed by atoms with Gasteiger partial charge in [0.25, 0.3) is 11.7 Å². The van der Waals surface area contributed by atoms with Crippen LogP contribution in [0.5, 0.6) is 5.75 Å². The third-order valence-electron chi connectivity index (χ3n) is 6.37. The summed E-state index contributed by atoms with van der Waals surface area (Å²) in [6.07, 6.45) is 0. The average Bonchev–Trinajstić information content (AvgIpc) is 3.43. The first-order valence-corrected chi connectivity index (χ1v) is 12.6. The zero-order chi connectivity index (χ0) is 26.1. The molecule has 5 nitrogen and oxygen atoms in total. The van der Waals surface area contributed by atoms with Gasteiger partial charge in [0.2, 0.25) is 0 Å². The van der Waals surface area contributed by atoms with E-state index in [9.17, 15) is 19.1 Å². The van der Waals surface area contributed by atoms with Crippen LogP contribution in [0, 0.1) is 19.7 Å². The number of thiophene rings is 1. The molecule has 1 aromatic heterocycles. The molecule has 0 radical (unpaired) electrons. The van der Waals surface area contributed by atoms with Crippen molar-refractivity contribution in [2.45, 2.75) is 26.5 Å². The number of rotatable bonds is 6. The van der Waals surface area contributed by atoms with Crippen LogP contribution in [-0.4, -0.2) is 16.8 Å². The lowest BCUT2D eigenvalue weighted by Gasteiger charge is -2.25. The summed E-state index contributed by atoms with van der Waals surface area (Å²) < 4.78 is 20.0. The van der Waals surface area contributed by atoms with Crippen molar-refractivity contribution in [2.24, 2.45) is 0 Å². The fourth-order valence-electron chi connectivity index (χ4n) is 4.49. The van der Waals surface area contributed by atoms with Gasteiger partial charge in [-0.2, -0.15) is 0 Å². The Bertz CT molecular complexity index is 1530. The van der Waals surface area contributed by atoms with Crippen LogP contribution in [0.2, 0.25) is 0 Å². The van der Waals surface area contributed by atoms with E-state index in [1.165, 1.54) is 34.4 Å². The van der Waals surface area contributed by atoms with E-state index in [0.29, 0.717) is 17.9 Å². The van der Waals surface area contributed by atoms with Gasteiger partial charge >= 0.3 is 0 Å². The first-order valence-electron chi connectivity index (χ1n) is 11.7. The molecule has 0 aliphatic carbocycles. The molecular weight excluding hydrogens is 489 g/mol. The molecule has 1 saturated heterocycles. The number of hydrogen-bond acceptors (Lipinski definition) is 5. The first-order chi connectivity index (χ1) is 17.8. The fraction of sp³-hybridized carbons (Fsp3) is 0.133. The molecule has 5 rings (SSSR count). The number of ether oxygens (including phenoxy) is 1. The number of Topliss-reactive ketones (excluding diaryl/α,β-unsaturated/α-hetero) is 1. The van der Waals surface area contributed by atoms with Gasteiger partial charge < -0.3 is 9.84 Å². The van der Waals surface area contributed by atoms with Crippen molar-refractivity contribution in [3.05, 3.63) is 123 Å². The lowest BCUT2D eigenvalue weighted by Crippen LogP contribution is -2.29. The van der Waals surface area contributed by atoms with Crippen molar-refractivity contribution in [2.75, 3.05) is 4.90 Å². The maximum Gasteiger partial charge on any atom is 0.300 e. The van der Waals surface area contributed by atoms with Crippen LogP contribution in [-0.2, 0) is 16.2 Å². The predicted octanol–water partition coefficient (Wildman–Crippen LogP) is 6.71. The molecule has 7 heteroatoms. The van der Waals surface area contributed by atoms with Crippen molar-refractivity contribution in [1.82, 2.24) is 0 Å². The third kappa shape index (κ3) is 4.66. The van der Waals surface area contributed by atoms with Crippen LogP contribution in [0.4, 0.5) is 10.1 Å². The Morgan fingerprint density at radius 1 is 0.973 bits per heavy atom. The zero-order valence-electron chi connectivity index (χ0n) is 20.3. The number of nitrogens with zero attached hydrogens (tertiary/aromatic N) is 1. The van der Waals surface area contributed by atoms with Gasteiger partial charge in [-0.3, -0.25) is 14.5 Å². The fourth-order valence-corrected chi connectivity index (χ4v) is 5.51. The van der Waals surface area contributed by atoms with Crippen LogP contribution in [0.25, 0.3) is 5.76 Å². The summed E-state index contributed by atoms with van der Waals surface area (Å²) in [6, 6.07) is 21.4. The van der Waals surface area contributed by atoms with Gasteiger partial charge in [0.15, 0.2) is 0 Å². The minimum atomic E-state index is -0.879. The highest BCUT2D eigenvalue weighted by atomic mass is 32.1. The molecule has 1 N–H and O–H groups in total. The summed E-state index contributed by atoms with van der Waals surface area (Å²) >= 11 is 1.37. The van der Waals surface area contributed by atoms with Gasteiger partial charge in [-0.15, -0.1) is 11.3 Å². The molecule has 0 spiro atoms. The van der Waals surface area contributed by atoms with Crippen molar-refractivity contribution in [3.63, 3.8) is 0 Å². The Balaban J connectivity index is 1.55. The molecule has 4 aromatic rings. The summed E-state index contributed by atoms with van der Waals surface area (Å²) in [7, 11) is 0. The summed E-state index contributed by atoms with van der Waals surface area (Å²) in [5, 5.41) is 13.2. The SMILES string of the molecule is Cc1cc(/C(O)=C2/C(=O)C(=O)N(c3cccc(F)c3)C2c2sccc2C)ccc1OCc1ccccc1. The Morgan fingerprint density at radius 2 is 1.76 bits per heavy atom. The van der Waals surface area contributed by atoms with Gasteiger partial charge in [0.1, 0.15) is 30.0 Å². The molecule has 1 atom stereocenters. The number of benzene rings is 3. The van der Waals surface area contributed by atoms with Crippen molar-refractivity contribution < 1.29 is 23.8 Å². The quantitative estimate of drug-likeness (QED) is 0.177. The van der Waals surface area contributed by atoms with Crippen LogP contribution in [0.1, 0.15) is 33.2 Å². The molecular formula is C30H24FNO4S. The van der Waals surface area contributed by atoms with Gasteiger partial charge in [0, 0.05) is 16.1 Å². The Kier molecular flexibility index (Phi) is 6.63. The van der Waals surface area contributed by atoms with E-state index < -0.39 is 23.5 Å². The molecule has 1 aliphatic rings. The van der Waals surface area contributed by atoms with Crippen molar-refractivity contribution in [3.8, 4) is 5.75 Å². The largest absolute Gasteiger partial charge is 0.507 e. The number of ketones is 1. The zero-order valence-corrected chi connectivity index (χ0v) is 21.1. The van der Waals surface area contributed by atoms with Crippen LogP contribution < -0.4 is 9.64 Å². The average molecular weight is 514 g/mol. The second kappa shape index (κ2) is 10.0. The Morgan fingerprint density at radius 3 is 2.43 bits per heavy atom. The molecule has 1 aliphatic heterocycles. The number of aliphatic hydroxyl groups is 1. The first kappa shape index (κ1) is 24.5. The number of aryl methyl sites for hydroxylation is 2. The Labute approximate surface area is 218 Å². The van der Waals surface area contributed by atoms with Crippen molar-refractivity contribution in [1.29, 1.82) is 0 Å². The molecule has 186 valence electrons. The summed E-state index contributed by atoms with van der Waals surface area (Å²) in [4.78, 5) is 28.5. The highest BCUT2D eigenvalue weighted by Crippen LogP contribution is 2.45. The smallest absolute Gasteiger partial charge is 0.300 e. The van der Waals surface area contributed by atoms with E-state index in [2.05, 4.69) is 0 Å². The van der Waals surface area contributed by atoms with E-state index >= 15 is 0 Å².